The molecule has 0 spiro atoms. The number of nitrogens with one attached hydrogen (secondary N) is 1. The van der Waals surface area contributed by atoms with E-state index in [0.29, 0.717) is 6.04 Å². The van der Waals surface area contributed by atoms with Gasteiger partial charge in [0, 0.05) is 30.2 Å². The minimum atomic E-state index is 0.550. The van der Waals surface area contributed by atoms with Crippen LogP contribution in [0.5, 0.6) is 0 Å². The van der Waals surface area contributed by atoms with Crippen LogP contribution in [0.4, 0.5) is 5.13 Å². The number of thiazole rings is 1. The lowest BCUT2D eigenvalue weighted by Gasteiger charge is -2.26. The Labute approximate surface area is 108 Å². The van der Waals surface area contributed by atoms with Crippen molar-refractivity contribution in [1.82, 2.24) is 10.3 Å². The average Bonchev–Trinajstić information content (AvgIpc) is 3.01. The summed E-state index contributed by atoms with van der Waals surface area (Å²) >= 11 is 1.83. The van der Waals surface area contributed by atoms with Crippen LogP contribution in [0.2, 0.25) is 0 Å². The van der Waals surface area contributed by atoms with Gasteiger partial charge in [-0.25, -0.2) is 4.98 Å². The maximum absolute atomic E-state index is 4.58. The molecule has 0 aromatic carbocycles. The molecule has 1 saturated carbocycles. The van der Waals surface area contributed by atoms with Crippen molar-refractivity contribution in [3.63, 3.8) is 0 Å². The zero-order chi connectivity index (χ0) is 12.3. The van der Waals surface area contributed by atoms with Gasteiger partial charge in [-0.05, 0) is 39.2 Å². The molecule has 4 heteroatoms. The van der Waals surface area contributed by atoms with Crippen LogP contribution in [0.15, 0.2) is 6.20 Å². The summed E-state index contributed by atoms with van der Waals surface area (Å²) < 4.78 is 0. The molecule has 2 rings (SSSR count). The van der Waals surface area contributed by atoms with Crippen LogP contribution in [0.1, 0.15) is 38.5 Å². The molecule has 1 aromatic heterocycles. The van der Waals surface area contributed by atoms with Crippen molar-refractivity contribution in [2.45, 2.75) is 46.2 Å². The summed E-state index contributed by atoms with van der Waals surface area (Å²) in [7, 11) is 0. The van der Waals surface area contributed by atoms with Crippen LogP contribution in [-0.4, -0.2) is 24.1 Å². The van der Waals surface area contributed by atoms with E-state index in [0.717, 1.165) is 19.0 Å². The summed E-state index contributed by atoms with van der Waals surface area (Å²) in [6.45, 7) is 9.80. The highest BCUT2D eigenvalue weighted by Gasteiger charge is 2.26. The van der Waals surface area contributed by atoms with Gasteiger partial charge in [0.25, 0.3) is 0 Å². The first kappa shape index (κ1) is 12.8. The molecule has 1 heterocycles. The van der Waals surface area contributed by atoms with Crippen LogP contribution in [-0.2, 0) is 6.54 Å². The Hall–Kier alpha value is -0.610. The van der Waals surface area contributed by atoms with E-state index in [2.05, 4.69) is 36.0 Å². The van der Waals surface area contributed by atoms with Crippen molar-refractivity contribution >= 4 is 16.5 Å². The first-order chi connectivity index (χ1) is 8.20. The van der Waals surface area contributed by atoms with E-state index in [4.69, 9.17) is 0 Å². The molecule has 0 aliphatic heterocycles. The van der Waals surface area contributed by atoms with Gasteiger partial charge in [-0.15, -0.1) is 11.3 Å². The van der Waals surface area contributed by atoms with Gasteiger partial charge in [0.1, 0.15) is 0 Å². The lowest BCUT2D eigenvalue weighted by molar-refractivity contribution is 0.643. The Morgan fingerprint density at radius 2 is 2.29 bits per heavy atom. The minimum Gasteiger partial charge on any atom is -0.345 e. The molecule has 1 aliphatic carbocycles. The summed E-state index contributed by atoms with van der Waals surface area (Å²) in [4.78, 5) is 8.37. The van der Waals surface area contributed by atoms with Gasteiger partial charge in [0.05, 0.1) is 0 Å². The first-order valence-corrected chi connectivity index (χ1v) is 7.44. The largest absolute Gasteiger partial charge is 0.345 e. The quantitative estimate of drug-likeness (QED) is 0.810. The number of nitrogens with zero attached hydrogens (tertiary/aromatic N) is 2. The van der Waals surface area contributed by atoms with Gasteiger partial charge in [-0.3, -0.25) is 0 Å². The van der Waals surface area contributed by atoms with Gasteiger partial charge in [-0.1, -0.05) is 6.92 Å². The summed E-state index contributed by atoms with van der Waals surface area (Å²) in [6, 6.07) is 0.550. The van der Waals surface area contributed by atoms with Crippen molar-refractivity contribution in [2.24, 2.45) is 5.92 Å². The molecule has 1 N–H and O–H groups in total. The molecule has 96 valence electrons. The minimum absolute atomic E-state index is 0.550. The molecule has 0 bridgehead atoms. The van der Waals surface area contributed by atoms with E-state index >= 15 is 0 Å². The van der Waals surface area contributed by atoms with Crippen LogP contribution >= 0.6 is 11.3 Å². The molecule has 0 radical (unpaired) electrons. The fraction of sp³-hybridized carbons (Fsp3) is 0.769. The molecule has 17 heavy (non-hydrogen) atoms. The Bertz CT molecular complexity index is 344. The predicted octanol–water partition coefficient (Wildman–Crippen LogP) is 2.88. The smallest absolute Gasteiger partial charge is 0.185 e. The van der Waals surface area contributed by atoms with E-state index in [-0.39, 0.29) is 0 Å². The molecular weight excluding hydrogens is 230 g/mol. The highest BCUT2D eigenvalue weighted by atomic mass is 32.1. The second-order valence-electron chi connectivity index (χ2n) is 5.08. The number of anilines is 1. The Kier molecular flexibility index (Phi) is 4.40. The first-order valence-electron chi connectivity index (χ1n) is 6.62. The van der Waals surface area contributed by atoms with Gasteiger partial charge < -0.3 is 10.2 Å². The molecule has 0 atom stereocenters. The van der Waals surface area contributed by atoms with E-state index in [1.165, 1.54) is 29.4 Å². The zero-order valence-electron chi connectivity index (χ0n) is 11.1. The van der Waals surface area contributed by atoms with Gasteiger partial charge in [-0.2, -0.15) is 0 Å². The molecule has 1 fully saturated rings. The van der Waals surface area contributed by atoms with E-state index in [9.17, 15) is 0 Å². The van der Waals surface area contributed by atoms with Crippen molar-refractivity contribution in [3.05, 3.63) is 11.1 Å². The molecule has 0 saturated heterocycles. The van der Waals surface area contributed by atoms with Crippen LogP contribution in [0.25, 0.3) is 0 Å². The third-order valence-electron chi connectivity index (χ3n) is 3.11. The maximum atomic E-state index is 4.58. The highest BCUT2D eigenvalue weighted by molar-refractivity contribution is 7.15. The Balaban J connectivity index is 1.98. The number of hydrogen-bond donors (Lipinski definition) is 1. The summed E-state index contributed by atoms with van der Waals surface area (Å²) in [6.07, 6.45) is 4.82. The zero-order valence-corrected chi connectivity index (χ0v) is 11.9. The number of hydrogen-bond acceptors (Lipinski definition) is 4. The van der Waals surface area contributed by atoms with E-state index in [1.807, 2.05) is 17.5 Å². The van der Waals surface area contributed by atoms with E-state index in [1.54, 1.807) is 0 Å². The van der Waals surface area contributed by atoms with Crippen molar-refractivity contribution in [1.29, 1.82) is 0 Å². The molecular formula is C13H23N3S. The Morgan fingerprint density at radius 3 is 2.88 bits per heavy atom. The number of aromatic nitrogens is 1. The number of rotatable bonds is 7. The van der Waals surface area contributed by atoms with Crippen molar-refractivity contribution < 1.29 is 0 Å². The lowest BCUT2D eigenvalue weighted by atomic mass is 10.3. The maximum Gasteiger partial charge on any atom is 0.185 e. The van der Waals surface area contributed by atoms with Crippen LogP contribution in [0, 0.1) is 5.92 Å². The third kappa shape index (κ3) is 3.68. The van der Waals surface area contributed by atoms with Gasteiger partial charge >= 0.3 is 0 Å². The van der Waals surface area contributed by atoms with Crippen LogP contribution < -0.4 is 10.2 Å². The average molecular weight is 253 g/mol. The van der Waals surface area contributed by atoms with Crippen molar-refractivity contribution in [2.75, 3.05) is 18.0 Å². The monoisotopic (exact) mass is 253 g/mol. The molecule has 1 aliphatic rings. The van der Waals surface area contributed by atoms with Crippen molar-refractivity contribution in [3.8, 4) is 0 Å². The third-order valence-corrected chi connectivity index (χ3v) is 4.15. The fourth-order valence-corrected chi connectivity index (χ4v) is 2.87. The van der Waals surface area contributed by atoms with Crippen LogP contribution in [0.3, 0.4) is 0 Å². The Morgan fingerprint density at radius 1 is 1.53 bits per heavy atom. The summed E-state index contributed by atoms with van der Waals surface area (Å²) in [5, 5.41) is 4.55. The standard InChI is InChI=1S/C13H23N3S/c1-4-14-7-12-8-15-13(17-12)16(10(2)3)9-11-5-6-11/h8,10-11,14H,4-7,9H2,1-3H3. The molecule has 3 nitrogen and oxygen atoms in total. The SMILES string of the molecule is CCNCc1cnc(N(CC2CC2)C(C)C)s1. The molecule has 0 unspecified atom stereocenters. The second kappa shape index (κ2) is 5.83. The van der Waals surface area contributed by atoms with Gasteiger partial charge in [0.15, 0.2) is 5.13 Å². The normalized spacial score (nSPS) is 15.5. The topological polar surface area (TPSA) is 28.2 Å². The summed E-state index contributed by atoms with van der Waals surface area (Å²) in [5.41, 5.74) is 0. The lowest BCUT2D eigenvalue weighted by Crippen LogP contribution is -2.32. The molecule has 0 amide bonds. The fourth-order valence-electron chi connectivity index (χ4n) is 1.85. The second-order valence-corrected chi connectivity index (χ2v) is 6.17. The van der Waals surface area contributed by atoms with E-state index < -0.39 is 0 Å². The highest BCUT2D eigenvalue weighted by Crippen LogP contribution is 2.33. The predicted molar refractivity (Wildman–Crippen MR) is 74.7 cm³/mol. The summed E-state index contributed by atoms with van der Waals surface area (Å²) in [5.74, 6) is 0.915. The molecule has 1 aromatic rings. The van der Waals surface area contributed by atoms with Gasteiger partial charge in [0.2, 0.25) is 0 Å².